The molecule has 0 bridgehead atoms. The molecule has 0 aromatic carbocycles. The summed E-state index contributed by atoms with van der Waals surface area (Å²) in [7, 11) is 1.89. The van der Waals surface area contributed by atoms with E-state index in [9.17, 15) is 0 Å². The summed E-state index contributed by atoms with van der Waals surface area (Å²) in [5.41, 5.74) is 0.974. The van der Waals surface area contributed by atoms with Crippen molar-refractivity contribution in [3.05, 3.63) is 24.5 Å². The van der Waals surface area contributed by atoms with E-state index in [-0.39, 0.29) is 0 Å². The van der Waals surface area contributed by atoms with Crippen LogP contribution >= 0.6 is 0 Å². The first-order chi connectivity index (χ1) is 8.31. The predicted octanol–water partition coefficient (Wildman–Crippen LogP) is 1.37. The number of nitrogens with zero attached hydrogens (tertiary/aromatic N) is 3. The normalized spacial score (nSPS) is 15.4. The Morgan fingerprint density at radius 1 is 1.47 bits per heavy atom. The fraction of sp³-hybridized carbons (Fsp3) is 0.500. The van der Waals surface area contributed by atoms with Gasteiger partial charge in [-0.25, -0.2) is 4.98 Å². The van der Waals surface area contributed by atoms with Crippen molar-refractivity contribution in [2.45, 2.75) is 25.3 Å². The summed E-state index contributed by atoms with van der Waals surface area (Å²) in [5.74, 6) is 1.58. The Balaban J connectivity index is 1.61. The van der Waals surface area contributed by atoms with Crippen molar-refractivity contribution >= 4 is 0 Å². The third-order valence-corrected chi connectivity index (χ3v) is 2.89. The second-order valence-electron chi connectivity index (χ2n) is 4.50. The first-order valence-corrected chi connectivity index (χ1v) is 5.98. The van der Waals surface area contributed by atoms with Crippen molar-refractivity contribution in [1.29, 1.82) is 0 Å². The van der Waals surface area contributed by atoms with E-state index in [1.807, 2.05) is 13.2 Å². The quantitative estimate of drug-likeness (QED) is 0.846. The van der Waals surface area contributed by atoms with Crippen LogP contribution in [0.1, 0.15) is 18.7 Å². The minimum Gasteiger partial charge on any atom is -0.441 e. The van der Waals surface area contributed by atoms with Crippen LogP contribution in [0.2, 0.25) is 0 Å². The lowest BCUT2D eigenvalue weighted by atomic mass is 10.3. The van der Waals surface area contributed by atoms with Gasteiger partial charge >= 0.3 is 0 Å². The summed E-state index contributed by atoms with van der Waals surface area (Å²) >= 11 is 0. The molecule has 1 saturated carbocycles. The molecule has 0 radical (unpaired) electrons. The largest absolute Gasteiger partial charge is 0.441 e. The van der Waals surface area contributed by atoms with E-state index in [1.165, 1.54) is 12.8 Å². The van der Waals surface area contributed by atoms with E-state index >= 15 is 0 Å². The molecule has 2 heterocycles. The van der Waals surface area contributed by atoms with Crippen molar-refractivity contribution in [2.24, 2.45) is 7.05 Å². The van der Waals surface area contributed by atoms with Gasteiger partial charge in [-0.05, 0) is 12.8 Å². The van der Waals surface area contributed by atoms with Crippen LogP contribution in [0, 0.1) is 0 Å². The van der Waals surface area contributed by atoms with Crippen molar-refractivity contribution in [2.75, 3.05) is 6.54 Å². The lowest BCUT2D eigenvalue weighted by Crippen LogP contribution is -2.19. The smallest absolute Gasteiger partial charge is 0.196 e. The number of hydrogen-bond acceptors (Lipinski definition) is 4. The standard InChI is InChI=1S/C12H16N4O/c1-16-8-9(6-15-16)11-7-14-12(17-11)4-5-13-10-2-3-10/h6-8,10,13H,2-5H2,1H3. The second kappa shape index (κ2) is 4.33. The summed E-state index contributed by atoms with van der Waals surface area (Å²) < 4.78 is 7.44. The van der Waals surface area contributed by atoms with Crippen LogP contribution in [0.15, 0.2) is 23.0 Å². The molecule has 5 nitrogen and oxygen atoms in total. The van der Waals surface area contributed by atoms with Crippen LogP contribution in [-0.2, 0) is 13.5 Å². The minimum absolute atomic E-state index is 0.739. The van der Waals surface area contributed by atoms with Crippen LogP contribution in [0.5, 0.6) is 0 Å². The van der Waals surface area contributed by atoms with Gasteiger partial charge in [-0.2, -0.15) is 5.10 Å². The molecule has 2 aromatic rings. The van der Waals surface area contributed by atoms with Gasteiger partial charge in [0.2, 0.25) is 0 Å². The molecule has 0 atom stereocenters. The SMILES string of the molecule is Cn1cc(-c2cnc(CCNC3CC3)o2)cn1. The summed E-state index contributed by atoms with van der Waals surface area (Å²) in [4.78, 5) is 4.28. The zero-order chi connectivity index (χ0) is 11.7. The molecule has 1 aliphatic rings. The lowest BCUT2D eigenvalue weighted by molar-refractivity contribution is 0.494. The number of rotatable bonds is 5. The van der Waals surface area contributed by atoms with Crippen molar-refractivity contribution < 1.29 is 4.42 Å². The van der Waals surface area contributed by atoms with E-state index < -0.39 is 0 Å². The molecule has 1 aliphatic carbocycles. The lowest BCUT2D eigenvalue weighted by Gasteiger charge is -1.98. The number of aromatic nitrogens is 3. The Bertz CT molecular complexity index is 498. The Kier molecular flexibility index (Phi) is 2.68. The first-order valence-electron chi connectivity index (χ1n) is 5.98. The molecule has 90 valence electrons. The van der Waals surface area contributed by atoms with Gasteiger partial charge in [-0.15, -0.1) is 0 Å². The maximum atomic E-state index is 5.68. The number of hydrogen-bond donors (Lipinski definition) is 1. The Morgan fingerprint density at radius 3 is 3.06 bits per heavy atom. The molecule has 0 aliphatic heterocycles. The molecular weight excluding hydrogens is 216 g/mol. The van der Waals surface area contributed by atoms with Crippen LogP contribution in [0.4, 0.5) is 0 Å². The van der Waals surface area contributed by atoms with Gasteiger partial charge in [0.25, 0.3) is 0 Å². The van der Waals surface area contributed by atoms with E-state index in [0.29, 0.717) is 0 Å². The van der Waals surface area contributed by atoms with Crippen LogP contribution in [0.3, 0.4) is 0 Å². The maximum absolute atomic E-state index is 5.68. The van der Waals surface area contributed by atoms with Gasteiger partial charge < -0.3 is 9.73 Å². The molecule has 0 spiro atoms. The minimum atomic E-state index is 0.739. The zero-order valence-electron chi connectivity index (χ0n) is 9.89. The van der Waals surface area contributed by atoms with Gasteiger partial charge in [-0.1, -0.05) is 0 Å². The number of oxazole rings is 1. The molecule has 5 heteroatoms. The summed E-state index contributed by atoms with van der Waals surface area (Å²) in [6.07, 6.45) is 8.94. The van der Waals surface area contributed by atoms with Crippen LogP contribution in [-0.4, -0.2) is 27.4 Å². The van der Waals surface area contributed by atoms with E-state index in [1.54, 1.807) is 17.1 Å². The predicted molar refractivity (Wildman–Crippen MR) is 63.4 cm³/mol. The monoisotopic (exact) mass is 232 g/mol. The van der Waals surface area contributed by atoms with Gasteiger partial charge in [-0.3, -0.25) is 4.68 Å². The Labute approximate surface area is 99.8 Å². The van der Waals surface area contributed by atoms with Crippen molar-refractivity contribution in [3.8, 4) is 11.3 Å². The molecular formula is C12H16N4O. The Hall–Kier alpha value is -1.62. The van der Waals surface area contributed by atoms with Crippen molar-refractivity contribution in [1.82, 2.24) is 20.1 Å². The highest BCUT2D eigenvalue weighted by Gasteiger charge is 2.20. The second-order valence-corrected chi connectivity index (χ2v) is 4.50. The van der Waals surface area contributed by atoms with Gasteiger partial charge in [0, 0.05) is 32.3 Å². The molecule has 2 aromatic heterocycles. The number of nitrogens with one attached hydrogen (secondary N) is 1. The summed E-state index contributed by atoms with van der Waals surface area (Å²) in [6, 6.07) is 0.739. The van der Waals surface area contributed by atoms with Crippen LogP contribution < -0.4 is 5.32 Å². The maximum Gasteiger partial charge on any atom is 0.196 e. The van der Waals surface area contributed by atoms with Gasteiger partial charge in [0.1, 0.15) is 0 Å². The highest BCUT2D eigenvalue weighted by molar-refractivity contribution is 5.53. The fourth-order valence-electron chi connectivity index (χ4n) is 1.78. The molecule has 17 heavy (non-hydrogen) atoms. The third-order valence-electron chi connectivity index (χ3n) is 2.89. The summed E-state index contributed by atoms with van der Waals surface area (Å²) in [6.45, 7) is 0.942. The van der Waals surface area contributed by atoms with Crippen LogP contribution in [0.25, 0.3) is 11.3 Å². The molecule has 0 unspecified atom stereocenters. The van der Waals surface area contributed by atoms with Crippen molar-refractivity contribution in [3.63, 3.8) is 0 Å². The molecule has 0 amide bonds. The average Bonchev–Trinajstić information content (AvgIpc) is 2.85. The first kappa shape index (κ1) is 10.5. The summed E-state index contributed by atoms with van der Waals surface area (Å²) in [5, 5.41) is 7.55. The molecule has 1 N–H and O–H groups in total. The van der Waals surface area contributed by atoms with Gasteiger partial charge in [0.05, 0.1) is 18.0 Å². The van der Waals surface area contributed by atoms with E-state index in [4.69, 9.17) is 4.42 Å². The molecule has 0 saturated heterocycles. The molecule has 1 fully saturated rings. The average molecular weight is 232 g/mol. The third kappa shape index (κ3) is 2.55. The van der Waals surface area contributed by atoms with E-state index in [0.717, 1.165) is 36.2 Å². The Morgan fingerprint density at radius 2 is 2.35 bits per heavy atom. The zero-order valence-corrected chi connectivity index (χ0v) is 9.89. The highest BCUT2D eigenvalue weighted by atomic mass is 16.4. The fourth-order valence-corrected chi connectivity index (χ4v) is 1.78. The van der Waals surface area contributed by atoms with Gasteiger partial charge in [0.15, 0.2) is 11.7 Å². The molecule has 3 rings (SSSR count). The number of aryl methyl sites for hydroxylation is 1. The topological polar surface area (TPSA) is 55.9 Å². The highest BCUT2D eigenvalue weighted by Crippen LogP contribution is 2.20. The van der Waals surface area contributed by atoms with E-state index in [2.05, 4.69) is 15.4 Å².